The van der Waals surface area contributed by atoms with Crippen LogP contribution in [0.1, 0.15) is 29.9 Å². The van der Waals surface area contributed by atoms with Crippen molar-refractivity contribution in [3.05, 3.63) is 50.8 Å². The van der Waals surface area contributed by atoms with Gasteiger partial charge < -0.3 is 5.32 Å². The highest BCUT2D eigenvalue weighted by Crippen LogP contribution is 2.25. The van der Waals surface area contributed by atoms with E-state index in [0.717, 1.165) is 15.9 Å². The lowest BCUT2D eigenvalue weighted by Crippen LogP contribution is -2.10. The van der Waals surface area contributed by atoms with E-state index in [-0.39, 0.29) is 6.04 Å². The molecule has 1 aromatic carbocycles. The Balaban J connectivity index is 2.26. The smallest absolute Gasteiger partial charge is 0.137 e. The molecule has 0 bridgehead atoms. The van der Waals surface area contributed by atoms with Crippen molar-refractivity contribution < 1.29 is 0 Å². The van der Waals surface area contributed by atoms with Crippen molar-refractivity contribution in [1.82, 2.24) is 9.97 Å². The minimum Gasteiger partial charge on any atom is -0.363 e. The number of hydrogen-bond donors (Lipinski definition) is 1. The van der Waals surface area contributed by atoms with Gasteiger partial charge in [0.25, 0.3) is 0 Å². The first kappa shape index (κ1) is 14.3. The number of rotatable bonds is 3. The fourth-order valence-corrected chi connectivity index (χ4v) is 2.43. The molecular formula is C14H15BrClN3. The number of halogens is 2. The monoisotopic (exact) mass is 339 g/mol. The SMILES string of the molecule is Cc1nc(Cl)c(C)c(NC(C)c2cccc(Br)c2)n1. The molecule has 19 heavy (non-hydrogen) atoms. The molecule has 0 radical (unpaired) electrons. The summed E-state index contributed by atoms with van der Waals surface area (Å²) in [4.78, 5) is 8.54. The summed E-state index contributed by atoms with van der Waals surface area (Å²) in [7, 11) is 0. The summed E-state index contributed by atoms with van der Waals surface area (Å²) in [5.74, 6) is 1.45. The van der Waals surface area contributed by atoms with Crippen molar-refractivity contribution in [3.8, 4) is 0 Å². The molecule has 0 amide bonds. The molecule has 1 N–H and O–H groups in total. The lowest BCUT2D eigenvalue weighted by atomic mass is 10.1. The summed E-state index contributed by atoms with van der Waals surface area (Å²) in [5.41, 5.74) is 2.05. The Bertz CT molecular complexity index is 601. The van der Waals surface area contributed by atoms with Gasteiger partial charge >= 0.3 is 0 Å². The predicted octanol–water partition coefficient (Wildman–Crippen LogP) is 4.68. The molecule has 1 heterocycles. The van der Waals surface area contributed by atoms with Crippen LogP contribution in [0.2, 0.25) is 5.15 Å². The van der Waals surface area contributed by atoms with E-state index in [4.69, 9.17) is 11.6 Å². The van der Waals surface area contributed by atoms with E-state index in [0.29, 0.717) is 11.0 Å². The quantitative estimate of drug-likeness (QED) is 0.824. The molecule has 1 aromatic heterocycles. The number of aryl methyl sites for hydroxylation is 1. The second kappa shape index (κ2) is 5.88. The minimum absolute atomic E-state index is 0.140. The summed E-state index contributed by atoms with van der Waals surface area (Å²) in [6, 6.07) is 8.33. The Morgan fingerprint density at radius 3 is 2.68 bits per heavy atom. The Hall–Kier alpha value is -1.13. The molecular weight excluding hydrogens is 326 g/mol. The van der Waals surface area contributed by atoms with Gasteiger partial charge in [0.05, 0.1) is 0 Å². The summed E-state index contributed by atoms with van der Waals surface area (Å²) < 4.78 is 1.06. The van der Waals surface area contributed by atoms with Crippen LogP contribution < -0.4 is 5.32 Å². The second-order valence-electron chi connectivity index (χ2n) is 4.46. The lowest BCUT2D eigenvalue weighted by Gasteiger charge is -2.17. The first-order valence-electron chi connectivity index (χ1n) is 6.00. The first-order chi connectivity index (χ1) is 8.97. The maximum Gasteiger partial charge on any atom is 0.137 e. The van der Waals surface area contributed by atoms with Crippen molar-refractivity contribution >= 4 is 33.3 Å². The van der Waals surface area contributed by atoms with Gasteiger partial charge in [-0.15, -0.1) is 0 Å². The third-order valence-electron chi connectivity index (χ3n) is 2.90. The molecule has 1 unspecified atom stereocenters. The zero-order valence-corrected chi connectivity index (χ0v) is 13.4. The fraction of sp³-hybridized carbons (Fsp3) is 0.286. The van der Waals surface area contributed by atoms with Crippen LogP contribution in [-0.2, 0) is 0 Å². The van der Waals surface area contributed by atoms with Crippen LogP contribution in [0.4, 0.5) is 5.82 Å². The van der Waals surface area contributed by atoms with Crippen molar-refractivity contribution in [3.63, 3.8) is 0 Å². The number of hydrogen-bond acceptors (Lipinski definition) is 3. The molecule has 0 saturated carbocycles. The van der Waals surface area contributed by atoms with Gasteiger partial charge in [-0.1, -0.05) is 39.7 Å². The maximum atomic E-state index is 6.08. The molecule has 0 aliphatic heterocycles. The highest BCUT2D eigenvalue weighted by atomic mass is 79.9. The van der Waals surface area contributed by atoms with E-state index < -0.39 is 0 Å². The Labute approximate surface area is 126 Å². The predicted molar refractivity (Wildman–Crippen MR) is 82.7 cm³/mol. The molecule has 3 nitrogen and oxygen atoms in total. The molecule has 1 atom stereocenters. The average molecular weight is 341 g/mol. The lowest BCUT2D eigenvalue weighted by molar-refractivity contribution is 0.861. The molecule has 2 aromatic rings. The van der Waals surface area contributed by atoms with E-state index in [9.17, 15) is 0 Å². The van der Waals surface area contributed by atoms with Crippen LogP contribution in [0.25, 0.3) is 0 Å². The number of nitrogens with zero attached hydrogens (tertiary/aromatic N) is 2. The van der Waals surface area contributed by atoms with E-state index in [1.54, 1.807) is 0 Å². The van der Waals surface area contributed by atoms with Gasteiger partial charge in [0.2, 0.25) is 0 Å². The fourth-order valence-electron chi connectivity index (χ4n) is 1.80. The molecule has 0 spiro atoms. The van der Waals surface area contributed by atoms with E-state index in [2.05, 4.69) is 50.3 Å². The first-order valence-corrected chi connectivity index (χ1v) is 7.17. The highest BCUT2D eigenvalue weighted by molar-refractivity contribution is 9.10. The van der Waals surface area contributed by atoms with Gasteiger partial charge in [-0.3, -0.25) is 0 Å². The largest absolute Gasteiger partial charge is 0.363 e. The molecule has 0 fully saturated rings. The third-order valence-corrected chi connectivity index (χ3v) is 3.76. The normalized spacial score (nSPS) is 12.3. The Morgan fingerprint density at radius 1 is 1.26 bits per heavy atom. The molecule has 5 heteroatoms. The van der Waals surface area contributed by atoms with Gasteiger partial charge in [0.1, 0.15) is 16.8 Å². The topological polar surface area (TPSA) is 37.8 Å². The second-order valence-corrected chi connectivity index (χ2v) is 5.73. The Morgan fingerprint density at radius 2 is 2.00 bits per heavy atom. The van der Waals surface area contributed by atoms with Crippen LogP contribution in [0, 0.1) is 13.8 Å². The number of benzene rings is 1. The zero-order chi connectivity index (χ0) is 14.0. The van der Waals surface area contributed by atoms with Crippen molar-refractivity contribution in [2.24, 2.45) is 0 Å². The third kappa shape index (κ3) is 3.45. The molecule has 100 valence electrons. The number of anilines is 1. The Kier molecular flexibility index (Phi) is 4.42. The minimum atomic E-state index is 0.140. The summed E-state index contributed by atoms with van der Waals surface area (Å²) >= 11 is 9.55. The van der Waals surface area contributed by atoms with Crippen molar-refractivity contribution in [2.75, 3.05) is 5.32 Å². The average Bonchev–Trinajstić information content (AvgIpc) is 2.35. The van der Waals surface area contributed by atoms with Gasteiger partial charge in [-0.05, 0) is 38.5 Å². The number of nitrogens with one attached hydrogen (secondary N) is 1. The summed E-state index contributed by atoms with van der Waals surface area (Å²) in [6.07, 6.45) is 0. The molecule has 2 rings (SSSR count). The van der Waals surface area contributed by atoms with Crippen molar-refractivity contribution in [2.45, 2.75) is 26.8 Å². The van der Waals surface area contributed by atoms with Crippen LogP contribution in [0.3, 0.4) is 0 Å². The number of aromatic nitrogens is 2. The summed E-state index contributed by atoms with van der Waals surface area (Å²) in [6.45, 7) is 5.84. The van der Waals surface area contributed by atoms with Gasteiger partial charge in [-0.25, -0.2) is 9.97 Å². The van der Waals surface area contributed by atoms with E-state index in [1.165, 1.54) is 5.56 Å². The zero-order valence-electron chi connectivity index (χ0n) is 11.0. The molecule has 0 saturated heterocycles. The van der Waals surface area contributed by atoms with Crippen molar-refractivity contribution in [1.29, 1.82) is 0 Å². The van der Waals surface area contributed by atoms with Gasteiger partial charge in [0, 0.05) is 16.1 Å². The molecule has 0 aliphatic carbocycles. The van der Waals surface area contributed by atoms with Crippen LogP contribution >= 0.6 is 27.5 Å². The van der Waals surface area contributed by atoms with Crippen LogP contribution in [0.5, 0.6) is 0 Å². The molecule has 0 aliphatic rings. The van der Waals surface area contributed by atoms with Crippen LogP contribution in [0.15, 0.2) is 28.7 Å². The van der Waals surface area contributed by atoms with E-state index in [1.807, 2.05) is 26.0 Å². The summed E-state index contributed by atoms with van der Waals surface area (Å²) in [5, 5.41) is 3.88. The van der Waals surface area contributed by atoms with Crippen LogP contribution in [-0.4, -0.2) is 9.97 Å². The van der Waals surface area contributed by atoms with Gasteiger partial charge in [-0.2, -0.15) is 0 Å². The standard InChI is InChI=1S/C14H15BrClN3/c1-8-13(16)18-10(3)19-14(8)17-9(2)11-5-4-6-12(15)7-11/h4-7,9H,1-3H3,(H,17,18,19). The maximum absolute atomic E-state index is 6.08. The van der Waals surface area contributed by atoms with Gasteiger partial charge in [0.15, 0.2) is 0 Å². The van der Waals surface area contributed by atoms with E-state index >= 15 is 0 Å². The highest BCUT2D eigenvalue weighted by Gasteiger charge is 2.11.